The van der Waals surface area contributed by atoms with Gasteiger partial charge in [0.25, 0.3) is 5.56 Å². The average molecular weight is 496 g/mol. The highest BCUT2D eigenvalue weighted by Gasteiger charge is 2.51. The lowest BCUT2D eigenvalue weighted by Gasteiger charge is -2.40. The molecule has 2 fully saturated rings. The highest BCUT2D eigenvalue weighted by atomic mass is 19.4. The van der Waals surface area contributed by atoms with Crippen LogP contribution in [0.15, 0.2) is 27.5 Å². The van der Waals surface area contributed by atoms with Crippen LogP contribution in [0.2, 0.25) is 0 Å². The quantitative estimate of drug-likeness (QED) is 0.608. The number of alkyl halides is 3. The van der Waals surface area contributed by atoms with Crippen LogP contribution in [0.1, 0.15) is 26.2 Å². The van der Waals surface area contributed by atoms with Crippen molar-refractivity contribution < 1.29 is 22.7 Å². The molecule has 1 unspecified atom stereocenters. The standard InChI is InChI=1S/C22H28F3N7O3/c1-20(27-2)5-3-13(9-28-20)15(33)11-31-16(22(23,24)25)4-6-30-18(34)7-17(29-19(30)31)32-10-14-8-21(32,26)12-35-14/h3,7,9,14,16,27H,4-6,8,10-12,26H2,1-2H3/t14-,16-,20?,21-/m0/s1. The van der Waals surface area contributed by atoms with Crippen LogP contribution in [0, 0.1) is 0 Å². The van der Waals surface area contributed by atoms with Crippen molar-refractivity contribution in [2.75, 3.05) is 36.5 Å². The molecule has 35 heavy (non-hydrogen) atoms. The van der Waals surface area contributed by atoms with Crippen molar-refractivity contribution in [3.05, 3.63) is 28.1 Å². The van der Waals surface area contributed by atoms with E-state index in [0.29, 0.717) is 19.4 Å². The molecule has 2 saturated heterocycles. The minimum Gasteiger partial charge on any atom is -0.372 e. The van der Waals surface area contributed by atoms with Gasteiger partial charge in [0.2, 0.25) is 5.95 Å². The van der Waals surface area contributed by atoms with E-state index in [4.69, 9.17) is 10.5 Å². The van der Waals surface area contributed by atoms with E-state index in [0.717, 1.165) is 4.90 Å². The molecule has 0 aromatic carbocycles. The van der Waals surface area contributed by atoms with E-state index in [1.54, 1.807) is 18.0 Å². The Morgan fingerprint density at radius 1 is 1.40 bits per heavy atom. The van der Waals surface area contributed by atoms with E-state index < -0.39 is 41.4 Å². The maximum Gasteiger partial charge on any atom is 0.408 e. The summed E-state index contributed by atoms with van der Waals surface area (Å²) in [6.07, 6.45) is -1.11. The first kappa shape index (κ1) is 23.9. The fourth-order valence-corrected chi connectivity index (χ4v) is 5.13. The zero-order valence-corrected chi connectivity index (χ0v) is 19.5. The molecule has 190 valence electrons. The van der Waals surface area contributed by atoms with E-state index >= 15 is 0 Å². The van der Waals surface area contributed by atoms with Gasteiger partial charge in [-0.1, -0.05) is 6.08 Å². The number of nitrogens with zero attached hydrogens (tertiary/aromatic N) is 5. The number of ketones is 1. The van der Waals surface area contributed by atoms with Crippen LogP contribution in [-0.4, -0.2) is 77.9 Å². The van der Waals surface area contributed by atoms with Gasteiger partial charge in [0.05, 0.1) is 19.3 Å². The molecule has 10 nitrogen and oxygen atoms in total. The first-order valence-electron chi connectivity index (χ1n) is 11.5. The number of carbonyl (C=O) groups excluding carboxylic acids is 1. The van der Waals surface area contributed by atoms with E-state index in [9.17, 15) is 22.8 Å². The zero-order chi connectivity index (χ0) is 25.2. The Balaban J connectivity index is 1.50. The average Bonchev–Trinajstić information content (AvgIpc) is 3.34. The van der Waals surface area contributed by atoms with Crippen LogP contribution in [0.5, 0.6) is 0 Å². The largest absolute Gasteiger partial charge is 0.408 e. The third kappa shape index (κ3) is 4.15. The van der Waals surface area contributed by atoms with E-state index in [2.05, 4.69) is 15.3 Å². The van der Waals surface area contributed by atoms with Gasteiger partial charge in [-0.3, -0.25) is 24.5 Å². The van der Waals surface area contributed by atoms with Crippen molar-refractivity contribution in [1.82, 2.24) is 14.9 Å². The molecule has 3 N–H and O–H groups in total. The Bertz CT molecular complexity index is 1170. The summed E-state index contributed by atoms with van der Waals surface area (Å²) in [6, 6.07) is -0.663. The SMILES string of the molecule is CNC1(C)CC=C(C(=O)CN2c3nc(N4C[C@@H]5C[C@@]4(N)CO5)cc(=O)n3CC[C@H]2C(F)(F)F)C=N1. The number of Topliss-reactive ketones (excluding diaryl/α,β-unsaturated/α-hetero) is 1. The first-order valence-corrected chi connectivity index (χ1v) is 11.5. The molecule has 0 aliphatic carbocycles. The second-order valence-electron chi connectivity index (χ2n) is 9.80. The number of halogens is 3. The molecule has 4 aliphatic heterocycles. The smallest absolute Gasteiger partial charge is 0.372 e. The minimum absolute atomic E-state index is 0.123. The zero-order valence-electron chi connectivity index (χ0n) is 19.5. The van der Waals surface area contributed by atoms with Crippen molar-refractivity contribution in [2.24, 2.45) is 10.7 Å². The van der Waals surface area contributed by atoms with Crippen LogP contribution >= 0.6 is 0 Å². The molecule has 2 bridgehead atoms. The number of hydrogen-bond donors (Lipinski definition) is 2. The molecule has 0 amide bonds. The third-order valence-electron chi connectivity index (χ3n) is 7.34. The highest BCUT2D eigenvalue weighted by Crippen LogP contribution is 2.39. The number of rotatable bonds is 5. The number of nitrogens with one attached hydrogen (secondary N) is 1. The summed E-state index contributed by atoms with van der Waals surface area (Å²) >= 11 is 0. The Hall–Kier alpha value is -2.77. The predicted octanol–water partition coefficient (Wildman–Crippen LogP) is 0.554. The van der Waals surface area contributed by atoms with Gasteiger partial charge in [0.15, 0.2) is 5.78 Å². The second kappa shape index (κ2) is 8.14. The normalized spacial score (nSPS) is 32.1. The summed E-state index contributed by atoms with van der Waals surface area (Å²) in [5.74, 6) is -0.522. The number of fused-ring (bicyclic) bond motifs is 3. The number of hydrogen-bond acceptors (Lipinski definition) is 9. The van der Waals surface area contributed by atoms with Gasteiger partial charge in [-0.05, 0) is 20.4 Å². The topological polar surface area (TPSA) is 118 Å². The molecule has 1 aromatic heterocycles. The van der Waals surface area contributed by atoms with Gasteiger partial charge >= 0.3 is 6.18 Å². The van der Waals surface area contributed by atoms with Gasteiger partial charge in [-0.15, -0.1) is 0 Å². The van der Waals surface area contributed by atoms with Gasteiger partial charge in [-0.25, -0.2) is 0 Å². The number of dihydropyridines is 1. The molecule has 0 saturated carbocycles. The second-order valence-corrected chi connectivity index (χ2v) is 9.80. The highest BCUT2D eigenvalue weighted by molar-refractivity contribution is 6.15. The van der Waals surface area contributed by atoms with Crippen LogP contribution in [-0.2, 0) is 16.1 Å². The summed E-state index contributed by atoms with van der Waals surface area (Å²) in [5.41, 5.74) is 4.72. The van der Waals surface area contributed by atoms with Crippen LogP contribution in [0.4, 0.5) is 24.9 Å². The maximum absolute atomic E-state index is 14.0. The molecule has 13 heteroatoms. The van der Waals surface area contributed by atoms with Gasteiger partial charge in [0, 0.05) is 43.8 Å². The molecule has 0 spiro atoms. The van der Waals surface area contributed by atoms with Crippen molar-refractivity contribution in [3.63, 3.8) is 0 Å². The summed E-state index contributed by atoms with van der Waals surface area (Å²) in [6.45, 7) is 1.74. The van der Waals surface area contributed by atoms with E-state index in [-0.39, 0.29) is 43.0 Å². The summed E-state index contributed by atoms with van der Waals surface area (Å²) in [4.78, 5) is 37.4. The maximum atomic E-state index is 14.0. The molecule has 0 radical (unpaired) electrons. The number of anilines is 2. The molecule has 1 aromatic rings. The summed E-state index contributed by atoms with van der Waals surface area (Å²) < 4.78 is 48.9. The molecule has 4 atom stereocenters. The van der Waals surface area contributed by atoms with Gasteiger partial charge < -0.3 is 20.3 Å². The molecule has 5 rings (SSSR count). The fraction of sp³-hybridized carbons (Fsp3) is 0.636. The molecule has 5 heterocycles. The number of ether oxygens (including phenoxy) is 1. The molecular formula is C22H28F3N7O3. The lowest BCUT2D eigenvalue weighted by Crippen LogP contribution is -2.57. The molecular weight excluding hydrogens is 467 g/mol. The Morgan fingerprint density at radius 2 is 2.17 bits per heavy atom. The minimum atomic E-state index is -4.62. The number of carbonyl (C=O) groups is 1. The van der Waals surface area contributed by atoms with Crippen molar-refractivity contribution in [1.29, 1.82) is 0 Å². The molecule has 4 aliphatic rings. The van der Waals surface area contributed by atoms with Crippen molar-refractivity contribution in [2.45, 2.75) is 62.4 Å². The lowest BCUT2D eigenvalue weighted by atomic mass is 10.00. The van der Waals surface area contributed by atoms with Gasteiger partial charge in [-0.2, -0.15) is 18.2 Å². The number of nitrogens with two attached hydrogens (primary N) is 1. The van der Waals surface area contributed by atoms with Crippen LogP contribution < -0.4 is 26.4 Å². The van der Waals surface area contributed by atoms with E-state index in [1.165, 1.54) is 16.8 Å². The summed E-state index contributed by atoms with van der Waals surface area (Å²) in [7, 11) is 1.74. The van der Waals surface area contributed by atoms with Gasteiger partial charge in [0.1, 0.15) is 23.2 Å². The Morgan fingerprint density at radius 3 is 2.74 bits per heavy atom. The monoisotopic (exact) mass is 495 g/mol. The number of morpholine rings is 1. The lowest BCUT2D eigenvalue weighted by molar-refractivity contribution is -0.153. The van der Waals surface area contributed by atoms with Crippen molar-refractivity contribution in [3.8, 4) is 0 Å². The van der Waals surface area contributed by atoms with E-state index in [1.807, 2.05) is 6.92 Å². The van der Waals surface area contributed by atoms with Crippen molar-refractivity contribution >= 4 is 23.8 Å². The Kier molecular flexibility index (Phi) is 5.57. The first-order chi connectivity index (χ1) is 16.4. The van der Waals surface area contributed by atoms with Crippen LogP contribution in [0.3, 0.4) is 0 Å². The summed E-state index contributed by atoms with van der Waals surface area (Å²) in [5, 5.41) is 3.03. The third-order valence-corrected chi connectivity index (χ3v) is 7.34. The number of aliphatic imine (C=N–C) groups is 1. The predicted molar refractivity (Wildman–Crippen MR) is 123 cm³/mol. The number of aromatic nitrogens is 2. The Labute approximate surface area is 199 Å². The fourth-order valence-electron chi connectivity index (χ4n) is 5.13. The van der Waals surface area contributed by atoms with Crippen LogP contribution in [0.25, 0.3) is 0 Å².